The SMILES string of the molecule is Brc1ccc(C(c2nc3ccccc3s2)N2CCCNCC2)cc1. The van der Waals surface area contributed by atoms with Crippen LogP contribution in [0, 0.1) is 0 Å². The van der Waals surface area contributed by atoms with Crippen LogP contribution in [0.25, 0.3) is 10.2 Å². The molecule has 1 atom stereocenters. The third-order valence-corrected chi connectivity index (χ3v) is 6.09. The molecular weight excluding hydrogens is 382 g/mol. The van der Waals surface area contributed by atoms with Gasteiger partial charge in [-0.2, -0.15) is 0 Å². The van der Waals surface area contributed by atoms with E-state index in [1.807, 2.05) is 11.3 Å². The smallest absolute Gasteiger partial charge is 0.116 e. The first kappa shape index (κ1) is 16.2. The highest BCUT2D eigenvalue weighted by molar-refractivity contribution is 9.10. The quantitative estimate of drug-likeness (QED) is 0.702. The van der Waals surface area contributed by atoms with Crippen LogP contribution in [0.15, 0.2) is 53.0 Å². The number of nitrogens with zero attached hydrogens (tertiary/aromatic N) is 2. The third-order valence-electron chi connectivity index (χ3n) is 4.47. The van der Waals surface area contributed by atoms with Gasteiger partial charge in [0.05, 0.1) is 16.3 Å². The summed E-state index contributed by atoms with van der Waals surface area (Å²) < 4.78 is 2.38. The number of hydrogen-bond acceptors (Lipinski definition) is 4. The number of halogens is 1. The maximum atomic E-state index is 4.96. The summed E-state index contributed by atoms with van der Waals surface area (Å²) >= 11 is 5.37. The molecule has 1 saturated heterocycles. The first-order valence-electron chi connectivity index (χ1n) is 8.37. The fraction of sp³-hybridized carbons (Fsp3) is 0.316. The summed E-state index contributed by atoms with van der Waals surface area (Å²) in [6.07, 6.45) is 1.18. The standard InChI is InChI=1S/C19H20BrN3S/c20-15-8-6-14(7-9-15)18(23-12-3-10-21-11-13-23)19-22-16-4-1-2-5-17(16)24-19/h1-2,4-9,18,21H,3,10-13H2. The maximum Gasteiger partial charge on any atom is 0.116 e. The molecule has 3 aromatic rings. The summed E-state index contributed by atoms with van der Waals surface area (Å²) in [5.74, 6) is 0. The molecule has 1 N–H and O–H groups in total. The average molecular weight is 402 g/mol. The van der Waals surface area contributed by atoms with Gasteiger partial charge in [-0.1, -0.05) is 40.2 Å². The Morgan fingerprint density at radius 3 is 2.71 bits per heavy atom. The van der Waals surface area contributed by atoms with Crippen LogP contribution < -0.4 is 5.32 Å². The summed E-state index contributed by atoms with van der Waals surface area (Å²) in [6, 6.07) is 17.4. The van der Waals surface area contributed by atoms with Gasteiger partial charge in [-0.3, -0.25) is 4.90 Å². The molecule has 4 rings (SSSR count). The Bertz CT molecular complexity index is 774. The van der Waals surface area contributed by atoms with Gasteiger partial charge < -0.3 is 5.32 Å². The van der Waals surface area contributed by atoms with Crippen LogP contribution in [-0.2, 0) is 0 Å². The lowest BCUT2D eigenvalue weighted by molar-refractivity contribution is 0.241. The van der Waals surface area contributed by atoms with Crippen molar-refractivity contribution in [2.75, 3.05) is 26.2 Å². The van der Waals surface area contributed by atoms with Crippen LogP contribution >= 0.6 is 27.3 Å². The lowest BCUT2D eigenvalue weighted by Crippen LogP contribution is -2.33. The Morgan fingerprint density at radius 1 is 1.04 bits per heavy atom. The molecule has 1 fully saturated rings. The average Bonchev–Trinajstić information content (AvgIpc) is 2.84. The van der Waals surface area contributed by atoms with Gasteiger partial charge in [-0.15, -0.1) is 11.3 Å². The van der Waals surface area contributed by atoms with E-state index in [2.05, 4.69) is 74.7 Å². The molecule has 2 aromatic carbocycles. The van der Waals surface area contributed by atoms with Crippen LogP contribution in [0.3, 0.4) is 0 Å². The van der Waals surface area contributed by atoms with Crippen molar-refractivity contribution in [2.45, 2.75) is 12.5 Å². The van der Waals surface area contributed by atoms with E-state index in [1.165, 1.54) is 21.7 Å². The number of para-hydroxylation sites is 1. The lowest BCUT2D eigenvalue weighted by Gasteiger charge is -2.29. The Kier molecular flexibility index (Phi) is 4.94. The molecule has 24 heavy (non-hydrogen) atoms. The van der Waals surface area contributed by atoms with E-state index in [0.29, 0.717) is 0 Å². The zero-order valence-corrected chi connectivity index (χ0v) is 15.8. The van der Waals surface area contributed by atoms with E-state index in [-0.39, 0.29) is 6.04 Å². The number of nitrogens with one attached hydrogen (secondary N) is 1. The molecule has 1 aliphatic heterocycles. The number of benzene rings is 2. The molecule has 0 bridgehead atoms. The number of aromatic nitrogens is 1. The van der Waals surface area contributed by atoms with E-state index in [9.17, 15) is 0 Å². The van der Waals surface area contributed by atoms with Gasteiger partial charge in [0, 0.05) is 24.1 Å². The van der Waals surface area contributed by atoms with Crippen molar-refractivity contribution in [1.82, 2.24) is 15.2 Å². The van der Waals surface area contributed by atoms with Crippen LogP contribution in [0.2, 0.25) is 0 Å². The molecule has 1 aliphatic rings. The van der Waals surface area contributed by atoms with E-state index in [4.69, 9.17) is 4.98 Å². The van der Waals surface area contributed by atoms with Crippen molar-refractivity contribution in [3.63, 3.8) is 0 Å². The molecule has 0 spiro atoms. The number of fused-ring (bicyclic) bond motifs is 1. The number of thiazole rings is 1. The van der Waals surface area contributed by atoms with E-state index in [1.54, 1.807) is 0 Å². The minimum absolute atomic E-state index is 0.232. The van der Waals surface area contributed by atoms with Gasteiger partial charge in [0.25, 0.3) is 0 Å². The summed E-state index contributed by atoms with van der Waals surface area (Å²) in [7, 11) is 0. The van der Waals surface area contributed by atoms with Crippen molar-refractivity contribution in [3.8, 4) is 0 Å². The molecule has 0 saturated carbocycles. The van der Waals surface area contributed by atoms with Crippen molar-refractivity contribution < 1.29 is 0 Å². The summed E-state index contributed by atoms with van der Waals surface area (Å²) in [5, 5.41) is 4.70. The molecule has 3 nitrogen and oxygen atoms in total. The zero-order chi connectivity index (χ0) is 16.4. The largest absolute Gasteiger partial charge is 0.315 e. The molecule has 0 radical (unpaired) electrons. The zero-order valence-electron chi connectivity index (χ0n) is 13.4. The van der Waals surface area contributed by atoms with Gasteiger partial charge in [-0.25, -0.2) is 4.98 Å². The van der Waals surface area contributed by atoms with Gasteiger partial charge in [0.1, 0.15) is 5.01 Å². The van der Waals surface area contributed by atoms with Crippen LogP contribution in [0.4, 0.5) is 0 Å². The summed E-state index contributed by atoms with van der Waals surface area (Å²) in [4.78, 5) is 7.53. The Hall–Kier alpha value is -1.27. The minimum Gasteiger partial charge on any atom is -0.315 e. The van der Waals surface area contributed by atoms with Crippen molar-refractivity contribution >= 4 is 37.5 Å². The second kappa shape index (κ2) is 7.31. The Morgan fingerprint density at radius 2 is 1.88 bits per heavy atom. The highest BCUT2D eigenvalue weighted by Crippen LogP contribution is 2.35. The minimum atomic E-state index is 0.232. The van der Waals surface area contributed by atoms with Crippen molar-refractivity contribution in [3.05, 3.63) is 63.6 Å². The monoisotopic (exact) mass is 401 g/mol. The molecule has 0 amide bonds. The van der Waals surface area contributed by atoms with Crippen LogP contribution in [0.5, 0.6) is 0 Å². The molecular formula is C19H20BrN3S. The summed E-state index contributed by atoms with van der Waals surface area (Å²) in [6.45, 7) is 4.29. The molecule has 0 aliphatic carbocycles. The third kappa shape index (κ3) is 3.40. The predicted octanol–water partition coefficient (Wildman–Crippen LogP) is 4.44. The van der Waals surface area contributed by atoms with Crippen molar-refractivity contribution in [2.24, 2.45) is 0 Å². The fourth-order valence-electron chi connectivity index (χ4n) is 3.29. The number of hydrogen-bond donors (Lipinski definition) is 1. The van der Waals surface area contributed by atoms with E-state index < -0.39 is 0 Å². The first-order chi connectivity index (χ1) is 11.8. The predicted molar refractivity (Wildman–Crippen MR) is 105 cm³/mol. The molecule has 5 heteroatoms. The van der Waals surface area contributed by atoms with Gasteiger partial charge in [-0.05, 0) is 42.8 Å². The van der Waals surface area contributed by atoms with Crippen molar-refractivity contribution in [1.29, 1.82) is 0 Å². The van der Waals surface area contributed by atoms with E-state index >= 15 is 0 Å². The Balaban J connectivity index is 1.77. The second-order valence-corrected chi connectivity index (χ2v) is 8.09. The summed E-state index contributed by atoms with van der Waals surface area (Å²) in [5.41, 5.74) is 2.42. The lowest BCUT2D eigenvalue weighted by atomic mass is 10.1. The normalized spacial score (nSPS) is 17.7. The van der Waals surface area contributed by atoms with Gasteiger partial charge in [0.2, 0.25) is 0 Å². The molecule has 124 valence electrons. The first-order valence-corrected chi connectivity index (χ1v) is 9.98. The molecule has 1 unspecified atom stereocenters. The fourth-order valence-corrected chi connectivity index (χ4v) is 4.68. The molecule has 1 aromatic heterocycles. The topological polar surface area (TPSA) is 28.2 Å². The van der Waals surface area contributed by atoms with Crippen LogP contribution in [0.1, 0.15) is 23.0 Å². The van der Waals surface area contributed by atoms with Gasteiger partial charge in [0.15, 0.2) is 0 Å². The highest BCUT2D eigenvalue weighted by atomic mass is 79.9. The van der Waals surface area contributed by atoms with Crippen LogP contribution in [-0.4, -0.2) is 36.1 Å². The highest BCUT2D eigenvalue weighted by Gasteiger charge is 2.26. The molecule has 2 heterocycles. The van der Waals surface area contributed by atoms with E-state index in [0.717, 1.165) is 36.2 Å². The second-order valence-electron chi connectivity index (χ2n) is 6.11. The Labute approximate surface area is 154 Å². The maximum absolute atomic E-state index is 4.96. The van der Waals surface area contributed by atoms with Gasteiger partial charge >= 0.3 is 0 Å². The number of rotatable bonds is 3.